The van der Waals surface area contributed by atoms with Gasteiger partial charge in [0, 0.05) is 0 Å². The highest BCUT2D eigenvalue weighted by atomic mass is 19.4. The van der Waals surface area contributed by atoms with Gasteiger partial charge in [-0.25, -0.2) is 0 Å². The van der Waals surface area contributed by atoms with Gasteiger partial charge < -0.3 is 5.11 Å². The first-order valence-corrected chi connectivity index (χ1v) is 6.68. The Balaban J connectivity index is 2.29. The summed E-state index contributed by atoms with van der Waals surface area (Å²) in [6, 6.07) is 17.0. The average molecular weight is 304 g/mol. The number of benzene rings is 2. The number of halogens is 3. The van der Waals surface area contributed by atoms with Gasteiger partial charge in [-0.3, -0.25) is 0 Å². The van der Waals surface area contributed by atoms with Crippen LogP contribution >= 0.6 is 0 Å². The maximum Gasteiger partial charge on any atom is 0.424 e. The second kappa shape index (κ2) is 6.62. The Bertz CT molecular complexity index is 594. The second-order valence-electron chi connectivity index (χ2n) is 4.81. The fourth-order valence-electron chi connectivity index (χ4n) is 1.82. The topological polar surface area (TPSA) is 20.2 Å². The molecule has 0 fully saturated rings. The molecule has 0 atom stereocenters. The molecule has 22 heavy (non-hydrogen) atoms. The molecule has 0 unspecified atom stereocenters. The van der Waals surface area contributed by atoms with Crippen LogP contribution in [0.3, 0.4) is 0 Å². The lowest BCUT2D eigenvalue weighted by Crippen LogP contribution is -2.41. The number of aliphatic hydroxyl groups is 1. The molecule has 0 heterocycles. The van der Waals surface area contributed by atoms with Crippen molar-refractivity contribution in [1.29, 1.82) is 0 Å². The molecule has 2 aromatic rings. The Kier molecular flexibility index (Phi) is 4.83. The third kappa shape index (κ3) is 4.09. The van der Waals surface area contributed by atoms with Crippen LogP contribution in [0.5, 0.6) is 0 Å². The molecule has 0 aliphatic carbocycles. The van der Waals surface area contributed by atoms with Gasteiger partial charge in [0.1, 0.15) is 0 Å². The standard InChI is InChI=1S/C18H15F3O/c19-18(20,21)17(22,13-11-15-7-3-1-4-8-15)14-12-16-9-5-2-6-10-16/h1-14,22H/b13-11+,14-12+. The Morgan fingerprint density at radius 3 is 1.36 bits per heavy atom. The summed E-state index contributed by atoms with van der Waals surface area (Å²) >= 11 is 0. The molecule has 0 aliphatic heterocycles. The first-order valence-electron chi connectivity index (χ1n) is 6.68. The quantitative estimate of drug-likeness (QED) is 0.867. The van der Waals surface area contributed by atoms with Crippen LogP contribution in [-0.2, 0) is 0 Å². The second-order valence-corrected chi connectivity index (χ2v) is 4.81. The van der Waals surface area contributed by atoms with Crippen molar-refractivity contribution in [3.05, 3.63) is 83.9 Å². The van der Waals surface area contributed by atoms with E-state index in [2.05, 4.69) is 0 Å². The van der Waals surface area contributed by atoms with Gasteiger partial charge in [-0.2, -0.15) is 13.2 Å². The van der Waals surface area contributed by atoms with E-state index in [9.17, 15) is 18.3 Å². The molecule has 0 saturated carbocycles. The van der Waals surface area contributed by atoms with Gasteiger partial charge in [0.15, 0.2) is 5.60 Å². The Labute approximate surface area is 127 Å². The molecular formula is C18H15F3O. The minimum Gasteiger partial charge on any atom is -0.373 e. The Hall–Kier alpha value is -2.33. The fourth-order valence-corrected chi connectivity index (χ4v) is 1.82. The average Bonchev–Trinajstić information content (AvgIpc) is 2.52. The monoisotopic (exact) mass is 304 g/mol. The highest BCUT2D eigenvalue weighted by molar-refractivity contribution is 5.55. The minimum absolute atomic E-state index is 0.582. The van der Waals surface area contributed by atoms with E-state index in [-0.39, 0.29) is 0 Å². The molecule has 114 valence electrons. The van der Waals surface area contributed by atoms with E-state index in [1.807, 2.05) is 0 Å². The van der Waals surface area contributed by atoms with Crippen molar-refractivity contribution in [1.82, 2.24) is 0 Å². The molecule has 1 N–H and O–H groups in total. The summed E-state index contributed by atoms with van der Waals surface area (Å²) in [6.45, 7) is 0. The maximum absolute atomic E-state index is 13.2. The number of hydrogen-bond donors (Lipinski definition) is 1. The summed E-state index contributed by atoms with van der Waals surface area (Å²) in [6.07, 6.45) is -0.793. The summed E-state index contributed by atoms with van der Waals surface area (Å²) in [5.74, 6) is 0. The van der Waals surface area contributed by atoms with E-state index in [1.54, 1.807) is 60.7 Å². The van der Waals surface area contributed by atoms with Gasteiger partial charge in [0.05, 0.1) is 0 Å². The van der Waals surface area contributed by atoms with Gasteiger partial charge >= 0.3 is 6.18 Å². The third-order valence-electron chi connectivity index (χ3n) is 3.11. The van der Waals surface area contributed by atoms with Crippen LogP contribution in [-0.4, -0.2) is 16.9 Å². The van der Waals surface area contributed by atoms with Crippen LogP contribution < -0.4 is 0 Å². The zero-order chi connectivity index (χ0) is 16.1. The molecule has 0 radical (unpaired) electrons. The van der Waals surface area contributed by atoms with Crippen LogP contribution in [0.2, 0.25) is 0 Å². The van der Waals surface area contributed by atoms with E-state index < -0.39 is 11.8 Å². The van der Waals surface area contributed by atoms with Gasteiger partial charge in [-0.15, -0.1) is 0 Å². The molecule has 2 aromatic carbocycles. The number of alkyl halides is 3. The predicted octanol–water partition coefficient (Wildman–Crippen LogP) is 4.71. The largest absolute Gasteiger partial charge is 0.424 e. The molecular weight excluding hydrogens is 289 g/mol. The van der Waals surface area contributed by atoms with E-state index in [0.717, 1.165) is 12.2 Å². The predicted molar refractivity (Wildman–Crippen MR) is 82.0 cm³/mol. The lowest BCUT2D eigenvalue weighted by atomic mass is 9.99. The lowest BCUT2D eigenvalue weighted by molar-refractivity contribution is -0.219. The summed E-state index contributed by atoms with van der Waals surface area (Å²) < 4.78 is 39.5. The van der Waals surface area contributed by atoms with Gasteiger partial charge in [0.25, 0.3) is 0 Å². The zero-order valence-electron chi connectivity index (χ0n) is 11.7. The molecule has 2 rings (SSSR count). The molecule has 4 heteroatoms. The van der Waals surface area contributed by atoms with Gasteiger partial charge in [-0.1, -0.05) is 72.8 Å². The van der Waals surface area contributed by atoms with Crippen LogP contribution in [0.25, 0.3) is 12.2 Å². The SMILES string of the molecule is OC(/C=C/c1ccccc1)(/C=C/c1ccccc1)C(F)(F)F. The van der Waals surface area contributed by atoms with E-state index in [1.165, 1.54) is 12.2 Å². The van der Waals surface area contributed by atoms with Crippen molar-refractivity contribution >= 4 is 12.2 Å². The first-order chi connectivity index (χ1) is 10.4. The summed E-state index contributed by atoms with van der Waals surface area (Å²) in [4.78, 5) is 0. The fraction of sp³-hybridized carbons (Fsp3) is 0.111. The van der Waals surface area contributed by atoms with Crippen molar-refractivity contribution in [3.63, 3.8) is 0 Å². The van der Waals surface area contributed by atoms with Crippen LogP contribution in [0, 0.1) is 0 Å². The van der Waals surface area contributed by atoms with Crippen molar-refractivity contribution in [2.24, 2.45) is 0 Å². The molecule has 0 saturated heterocycles. The lowest BCUT2D eigenvalue weighted by Gasteiger charge is -2.24. The van der Waals surface area contributed by atoms with Crippen molar-refractivity contribution < 1.29 is 18.3 Å². The molecule has 1 nitrogen and oxygen atoms in total. The molecule has 0 amide bonds. The number of rotatable bonds is 4. The minimum atomic E-state index is -4.80. The first kappa shape index (κ1) is 16.0. The van der Waals surface area contributed by atoms with Crippen LogP contribution in [0.15, 0.2) is 72.8 Å². The Morgan fingerprint density at radius 2 is 1.05 bits per heavy atom. The van der Waals surface area contributed by atoms with Crippen molar-refractivity contribution in [3.8, 4) is 0 Å². The van der Waals surface area contributed by atoms with E-state index in [0.29, 0.717) is 11.1 Å². The molecule has 0 aromatic heterocycles. The van der Waals surface area contributed by atoms with Crippen molar-refractivity contribution in [2.45, 2.75) is 11.8 Å². The highest BCUT2D eigenvalue weighted by Gasteiger charge is 2.50. The van der Waals surface area contributed by atoms with E-state index >= 15 is 0 Å². The normalized spacial score (nSPS) is 13.1. The highest BCUT2D eigenvalue weighted by Crippen LogP contribution is 2.34. The van der Waals surface area contributed by atoms with Crippen molar-refractivity contribution in [2.75, 3.05) is 0 Å². The Morgan fingerprint density at radius 1 is 0.682 bits per heavy atom. The summed E-state index contributed by atoms with van der Waals surface area (Å²) in [5, 5.41) is 9.97. The van der Waals surface area contributed by atoms with Gasteiger partial charge in [-0.05, 0) is 23.3 Å². The molecule has 0 spiro atoms. The third-order valence-corrected chi connectivity index (χ3v) is 3.11. The zero-order valence-corrected chi connectivity index (χ0v) is 11.7. The molecule has 0 bridgehead atoms. The van der Waals surface area contributed by atoms with E-state index in [4.69, 9.17) is 0 Å². The summed E-state index contributed by atoms with van der Waals surface area (Å²) in [7, 11) is 0. The maximum atomic E-state index is 13.2. The summed E-state index contributed by atoms with van der Waals surface area (Å²) in [5.41, 5.74) is -1.85. The van der Waals surface area contributed by atoms with Crippen LogP contribution in [0.4, 0.5) is 13.2 Å². The van der Waals surface area contributed by atoms with Crippen LogP contribution in [0.1, 0.15) is 11.1 Å². The number of hydrogen-bond acceptors (Lipinski definition) is 1. The van der Waals surface area contributed by atoms with Gasteiger partial charge in [0.2, 0.25) is 0 Å². The smallest absolute Gasteiger partial charge is 0.373 e. The molecule has 0 aliphatic rings.